The van der Waals surface area contributed by atoms with Crippen molar-refractivity contribution in [3.63, 3.8) is 0 Å². The van der Waals surface area contributed by atoms with Gasteiger partial charge in [0.05, 0.1) is 12.5 Å². The van der Waals surface area contributed by atoms with Gasteiger partial charge in [0.15, 0.2) is 0 Å². The van der Waals surface area contributed by atoms with E-state index in [2.05, 4.69) is 5.32 Å². The number of carbonyl (C=O) groups is 1. The SMILES string of the molecule is COCCOc1ccc(NC(=O)C(CN)c2ccccc2)cc1.Cl. The second-order valence-corrected chi connectivity index (χ2v) is 5.05. The van der Waals surface area contributed by atoms with E-state index < -0.39 is 0 Å². The third-order valence-corrected chi connectivity index (χ3v) is 3.43. The highest BCUT2D eigenvalue weighted by Gasteiger charge is 2.18. The Hall–Kier alpha value is -2.08. The Bertz CT molecular complexity index is 605. The van der Waals surface area contributed by atoms with E-state index in [1.165, 1.54) is 0 Å². The van der Waals surface area contributed by atoms with Crippen LogP contribution in [-0.2, 0) is 9.53 Å². The molecule has 2 aromatic carbocycles. The van der Waals surface area contributed by atoms with Crippen LogP contribution < -0.4 is 15.8 Å². The van der Waals surface area contributed by atoms with Crippen molar-refractivity contribution in [1.29, 1.82) is 0 Å². The summed E-state index contributed by atoms with van der Waals surface area (Å²) in [5, 5.41) is 2.89. The van der Waals surface area contributed by atoms with Gasteiger partial charge in [0, 0.05) is 19.3 Å². The molecule has 0 aliphatic carbocycles. The number of halogens is 1. The first-order valence-electron chi connectivity index (χ1n) is 7.52. The van der Waals surface area contributed by atoms with E-state index in [0.29, 0.717) is 18.9 Å². The van der Waals surface area contributed by atoms with Crippen LogP contribution in [0, 0.1) is 0 Å². The number of hydrogen-bond donors (Lipinski definition) is 2. The summed E-state index contributed by atoms with van der Waals surface area (Å²) in [6, 6.07) is 16.8. The number of nitrogens with one attached hydrogen (secondary N) is 1. The second kappa shape index (κ2) is 10.6. The third-order valence-electron chi connectivity index (χ3n) is 3.43. The van der Waals surface area contributed by atoms with Crippen molar-refractivity contribution in [1.82, 2.24) is 0 Å². The summed E-state index contributed by atoms with van der Waals surface area (Å²) in [6.07, 6.45) is 0. The fraction of sp³-hybridized carbons (Fsp3) is 0.278. The van der Waals surface area contributed by atoms with E-state index >= 15 is 0 Å². The van der Waals surface area contributed by atoms with Gasteiger partial charge in [-0.15, -0.1) is 12.4 Å². The molecule has 130 valence electrons. The third kappa shape index (κ3) is 5.85. The Morgan fingerprint density at radius 2 is 1.75 bits per heavy atom. The zero-order valence-electron chi connectivity index (χ0n) is 13.6. The monoisotopic (exact) mass is 350 g/mol. The highest BCUT2D eigenvalue weighted by Crippen LogP contribution is 2.19. The molecule has 0 aliphatic heterocycles. The molecule has 2 aromatic rings. The van der Waals surface area contributed by atoms with Crippen LogP contribution in [0.5, 0.6) is 5.75 Å². The molecular weight excluding hydrogens is 328 g/mol. The van der Waals surface area contributed by atoms with Gasteiger partial charge >= 0.3 is 0 Å². The number of amides is 1. The Morgan fingerprint density at radius 3 is 2.33 bits per heavy atom. The number of benzene rings is 2. The quantitative estimate of drug-likeness (QED) is 0.718. The summed E-state index contributed by atoms with van der Waals surface area (Å²) < 4.78 is 10.4. The first kappa shape index (κ1) is 20.0. The minimum atomic E-state index is -0.367. The number of ether oxygens (including phenoxy) is 2. The number of carbonyl (C=O) groups excluding carboxylic acids is 1. The predicted molar refractivity (Wildman–Crippen MR) is 97.9 cm³/mol. The van der Waals surface area contributed by atoms with E-state index in [4.69, 9.17) is 15.2 Å². The van der Waals surface area contributed by atoms with E-state index in [0.717, 1.165) is 11.3 Å². The van der Waals surface area contributed by atoms with E-state index in [1.54, 1.807) is 19.2 Å². The van der Waals surface area contributed by atoms with Crippen LogP contribution in [0.25, 0.3) is 0 Å². The lowest BCUT2D eigenvalue weighted by Gasteiger charge is -2.15. The molecule has 1 unspecified atom stereocenters. The first-order valence-corrected chi connectivity index (χ1v) is 7.52. The maximum atomic E-state index is 12.4. The van der Waals surface area contributed by atoms with Gasteiger partial charge in [0.2, 0.25) is 5.91 Å². The van der Waals surface area contributed by atoms with Gasteiger partial charge < -0.3 is 20.5 Å². The Labute approximate surface area is 148 Å². The summed E-state index contributed by atoms with van der Waals surface area (Å²) in [5.74, 6) is 0.249. The number of methoxy groups -OCH3 is 1. The summed E-state index contributed by atoms with van der Waals surface area (Å²) in [4.78, 5) is 12.4. The molecule has 3 N–H and O–H groups in total. The van der Waals surface area contributed by atoms with E-state index in [-0.39, 0.29) is 30.8 Å². The average molecular weight is 351 g/mol. The van der Waals surface area contributed by atoms with Gasteiger partial charge in [-0.05, 0) is 29.8 Å². The molecule has 0 bridgehead atoms. The zero-order valence-corrected chi connectivity index (χ0v) is 14.4. The van der Waals surface area contributed by atoms with Crippen LogP contribution in [0.3, 0.4) is 0 Å². The van der Waals surface area contributed by atoms with Gasteiger partial charge in [-0.3, -0.25) is 4.79 Å². The second-order valence-electron chi connectivity index (χ2n) is 5.05. The molecule has 1 amide bonds. The molecule has 0 aliphatic rings. The maximum Gasteiger partial charge on any atom is 0.233 e. The molecule has 0 aromatic heterocycles. The summed E-state index contributed by atoms with van der Waals surface area (Å²) in [5.41, 5.74) is 7.38. The molecule has 0 saturated heterocycles. The fourth-order valence-corrected chi connectivity index (χ4v) is 2.19. The number of anilines is 1. The van der Waals surface area contributed by atoms with Crippen molar-refractivity contribution in [2.24, 2.45) is 5.73 Å². The molecule has 0 radical (unpaired) electrons. The molecular formula is C18H23ClN2O3. The van der Waals surface area contributed by atoms with Gasteiger partial charge in [0.25, 0.3) is 0 Å². The lowest BCUT2D eigenvalue weighted by Crippen LogP contribution is -2.27. The van der Waals surface area contributed by atoms with Crippen LogP contribution in [0.1, 0.15) is 11.5 Å². The summed E-state index contributed by atoms with van der Waals surface area (Å²) in [6.45, 7) is 1.28. The summed E-state index contributed by atoms with van der Waals surface area (Å²) >= 11 is 0. The van der Waals surface area contributed by atoms with Crippen molar-refractivity contribution in [2.75, 3.05) is 32.2 Å². The Kier molecular flexibility index (Phi) is 8.86. The zero-order chi connectivity index (χ0) is 16.5. The lowest BCUT2D eigenvalue weighted by molar-refractivity contribution is -0.117. The molecule has 0 saturated carbocycles. The highest BCUT2D eigenvalue weighted by atomic mass is 35.5. The minimum Gasteiger partial charge on any atom is -0.491 e. The smallest absolute Gasteiger partial charge is 0.233 e. The van der Waals surface area contributed by atoms with Crippen molar-refractivity contribution in [3.05, 3.63) is 60.2 Å². The van der Waals surface area contributed by atoms with Crippen LogP contribution in [0.15, 0.2) is 54.6 Å². The maximum absolute atomic E-state index is 12.4. The average Bonchev–Trinajstić information content (AvgIpc) is 2.58. The van der Waals surface area contributed by atoms with Crippen molar-refractivity contribution in [3.8, 4) is 5.75 Å². The van der Waals surface area contributed by atoms with Crippen molar-refractivity contribution >= 4 is 24.0 Å². The number of rotatable bonds is 8. The fourth-order valence-electron chi connectivity index (χ4n) is 2.19. The molecule has 24 heavy (non-hydrogen) atoms. The van der Waals surface area contributed by atoms with Gasteiger partial charge in [-0.1, -0.05) is 30.3 Å². The van der Waals surface area contributed by atoms with Crippen molar-refractivity contribution in [2.45, 2.75) is 5.92 Å². The van der Waals surface area contributed by atoms with Crippen LogP contribution >= 0.6 is 12.4 Å². The normalized spacial score (nSPS) is 11.2. The van der Waals surface area contributed by atoms with Crippen LogP contribution in [0.2, 0.25) is 0 Å². The number of hydrogen-bond acceptors (Lipinski definition) is 4. The first-order chi connectivity index (χ1) is 11.2. The van der Waals surface area contributed by atoms with Crippen LogP contribution in [0.4, 0.5) is 5.69 Å². The predicted octanol–water partition coefficient (Wildman–Crippen LogP) is 2.81. The standard InChI is InChI=1S/C18H22N2O3.ClH/c1-22-11-12-23-16-9-7-15(8-10-16)20-18(21)17(13-19)14-5-3-2-4-6-14;/h2-10,17H,11-13,19H2,1H3,(H,20,21);1H. The van der Waals surface area contributed by atoms with E-state index in [1.807, 2.05) is 42.5 Å². The molecule has 5 nitrogen and oxygen atoms in total. The highest BCUT2D eigenvalue weighted by molar-refractivity contribution is 5.96. The van der Waals surface area contributed by atoms with Gasteiger partial charge in [-0.25, -0.2) is 0 Å². The Morgan fingerprint density at radius 1 is 1.08 bits per heavy atom. The molecule has 6 heteroatoms. The molecule has 0 heterocycles. The minimum absolute atomic E-state index is 0. The lowest BCUT2D eigenvalue weighted by atomic mass is 9.98. The molecule has 1 atom stereocenters. The Balaban J connectivity index is 0.00000288. The molecule has 0 spiro atoms. The van der Waals surface area contributed by atoms with Crippen LogP contribution in [-0.4, -0.2) is 32.8 Å². The van der Waals surface area contributed by atoms with Crippen molar-refractivity contribution < 1.29 is 14.3 Å². The molecule has 2 rings (SSSR count). The summed E-state index contributed by atoms with van der Waals surface area (Å²) in [7, 11) is 1.63. The number of nitrogens with two attached hydrogens (primary N) is 1. The molecule has 0 fully saturated rings. The van der Waals surface area contributed by atoms with Gasteiger partial charge in [0.1, 0.15) is 12.4 Å². The topological polar surface area (TPSA) is 73.6 Å². The van der Waals surface area contributed by atoms with E-state index in [9.17, 15) is 4.79 Å². The van der Waals surface area contributed by atoms with Gasteiger partial charge in [-0.2, -0.15) is 0 Å². The largest absolute Gasteiger partial charge is 0.491 e.